The fourth-order valence-electron chi connectivity index (χ4n) is 1.87. The maximum Gasteiger partial charge on any atom is 0.161 e. The second-order valence-electron chi connectivity index (χ2n) is 4.16. The van der Waals surface area contributed by atoms with E-state index >= 15 is 0 Å². The van der Waals surface area contributed by atoms with E-state index in [1.165, 1.54) is 0 Å². The first kappa shape index (κ1) is 12.4. The van der Waals surface area contributed by atoms with Gasteiger partial charge in [-0.05, 0) is 18.9 Å². The first-order chi connectivity index (χ1) is 8.16. The lowest BCUT2D eigenvalue weighted by Gasteiger charge is -2.14. The summed E-state index contributed by atoms with van der Waals surface area (Å²) in [6.45, 7) is 2.30. The summed E-state index contributed by atoms with van der Waals surface area (Å²) in [5.74, 6) is -3.00. The number of benzene rings is 1. The van der Waals surface area contributed by atoms with Crippen molar-refractivity contribution in [2.24, 2.45) is 0 Å². The minimum atomic E-state index is -1.18. The molecular weight excluding hydrogens is 231 g/mol. The van der Waals surface area contributed by atoms with Crippen LogP contribution in [0.25, 0.3) is 0 Å². The van der Waals surface area contributed by atoms with Crippen LogP contribution in [0.1, 0.15) is 18.4 Å². The average Bonchev–Trinajstić information content (AvgIpc) is 2.78. The van der Waals surface area contributed by atoms with Gasteiger partial charge in [-0.3, -0.25) is 4.90 Å². The van der Waals surface area contributed by atoms with Crippen molar-refractivity contribution in [3.63, 3.8) is 0 Å². The highest BCUT2D eigenvalue weighted by atomic mass is 19.2. The van der Waals surface area contributed by atoms with Crippen molar-refractivity contribution in [2.45, 2.75) is 19.4 Å². The van der Waals surface area contributed by atoms with Gasteiger partial charge in [0.1, 0.15) is 5.82 Å². The van der Waals surface area contributed by atoms with Gasteiger partial charge in [-0.25, -0.2) is 13.2 Å². The topological polar surface area (TPSA) is 12.5 Å². The molecule has 1 aromatic rings. The molecule has 0 spiro atoms. The van der Waals surface area contributed by atoms with Gasteiger partial charge in [0.25, 0.3) is 0 Å². The van der Waals surface area contributed by atoms with Gasteiger partial charge in [-0.2, -0.15) is 0 Å². The normalized spacial score (nSPS) is 16.6. The quantitative estimate of drug-likeness (QED) is 0.756. The third-order valence-corrected chi connectivity index (χ3v) is 2.82. The molecule has 5 heteroatoms. The van der Waals surface area contributed by atoms with Crippen LogP contribution in [0.3, 0.4) is 0 Å². The molecule has 94 valence electrons. The highest BCUT2D eigenvalue weighted by Crippen LogP contribution is 2.15. The number of halogens is 3. The Bertz CT molecular complexity index is 392. The number of likely N-dealkylation sites (tertiary alicyclic amines) is 1. The maximum absolute atomic E-state index is 13.2. The standard InChI is InChI=1S/C12H14F3NO/c13-10-6-12(15)11(14)5-9(10)7-17-8-16-3-1-2-4-16/h5-6H,1-4,7-8H2. The Morgan fingerprint density at radius 2 is 1.65 bits per heavy atom. The molecule has 17 heavy (non-hydrogen) atoms. The Kier molecular flexibility index (Phi) is 4.02. The first-order valence-electron chi connectivity index (χ1n) is 5.60. The third kappa shape index (κ3) is 3.20. The van der Waals surface area contributed by atoms with E-state index in [-0.39, 0.29) is 12.2 Å². The molecular formula is C12H14F3NO. The SMILES string of the molecule is Fc1cc(F)c(COCN2CCCC2)cc1F. The fraction of sp³-hybridized carbons (Fsp3) is 0.500. The molecule has 0 bridgehead atoms. The van der Waals surface area contributed by atoms with Gasteiger partial charge in [0, 0.05) is 24.7 Å². The Morgan fingerprint density at radius 3 is 2.35 bits per heavy atom. The van der Waals surface area contributed by atoms with E-state index in [1.54, 1.807) is 0 Å². The van der Waals surface area contributed by atoms with Crippen LogP contribution in [-0.4, -0.2) is 24.7 Å². The van der Waals surface area contributed by atoms with Crippen LogP contribution in [0.2, 0.25) is 0 Å². The molecule has 0 aliphatic carbocycles. The maximum atomic E-state index is 13.2. The van der Waals surface area contributed by atoms with Crippen molar-refractivity contribution in [1.82, 2.24) is 4.90 Å². The van der Waals surface area contributed by atoms with Crippen LogP contribution in [0.15, 0.2) is 12.1 Å². The Hall–Kier alpha value is -1.07. The minimum absolute atomic E-state index is 0.0421. The van der Waals surface area contributed by atoms with E-state index in [0.29, 0.717) is 12.8 Å². The van der Waals surface area contributed by atoms with Gasteiger partial charge in [0.2, 0.25) is 0 Å². The number of hydrogen-bond acceptors (Lipinski definition) is 2. The average molecular weight is 245 g/mol. The van der Waals surface area contributed by atoms with Gasteiger partial charge < -0.3 is 4.74 Å². The number of rotatable bonds is 4. The summed E-state index contributed by atoms with van der Waals surface area (Å²) in [5, 5.41) is 0. The van der Waals surface area contributed by atoms with Gasteiger partial charge >= 0.3 is 0 Å². The molecule has 1 saturated heterocycles. The Labute approximate surface area is 98.0 Å². The van der Waals surface area contributed by atoms with Gasteiger partial charge in [-0.1, -0.05) is 0 Å². The fourth-order valence-corrected chi connectivity index (χ4v) is 1.87. The summed E-state index contributed by atoms with van der Waals surface area (Å²) >= 11 is 0. The zero-order valence-corrected chi connectivity index (χ0v) is 9.39. The lowest BCUT2D eigenvalue weighted by molar-refractivity contribution is 0.0298. The summed E-state index contributed by atoms with van der Waals surface area (Å²) in [5.41, 5.74) is 0.0445. The lowest BCUT2D eigenvalue weighted by atomic mass is 10.2. The zero-order valence-electron chi connectivity index (χ0n) is 9.39. The van der Waals surface area contributed by atoms with Gasteiger partial charge in [0.05, 0.1) is 13.3 Å². The van der Waals surface area contributed by atoms with E-state index in [9.17, 15) is 13.2 Å². The van der Waals surface area contributed by atoms with Crippen molar-refractivity contribution in [2.75, 3.05) is 19.8 Å². The first-order valence-corrected chi connectivity index (χ1v) is 5.60. The molecule has 1 aliphatic heterocycles. The summed E-state index contributed by atoms with van der Waals surface area (Å²) < 4.78 is 44.0. The minimum Gasteiger partial charge on any atom is -0.361 e. The second-order valence-corrected chi connectivity index (χ2v) is 4.16. The molecule has 0 aromatic heterocycles. The molecule has 1 aliphatic rings. The smallest absolute Gasteiger partial charge is 0.161 e. The molecule has 1 heterocycles. The summed E-state index contributed by atoms with van der Waals surface area (Å²) in [4.78, 5) is 2.10. The molecule has 1 fully saturated rings. The van der Waals surface area contributed by atoms with Crippen molar-refractivity contribution < 1.29 is 17.9 Å². The molecule has 2 nitrogen and oxygen atoms in total. The van der Waals surface area contributed by atoms with E-state index in [1.807, 2.05) is 0 Å². The molecule has 2 rings (SSSR count). The number of nitrogens with zero attached hydrogens (tertiary/aromatic N) is 1. The van der Waals surface area contributed by atoms with Crippen molar-refractivity contribution >= 4 is 0 Å². The molecule has 0 amide bonds. The highest BCUT2D eigenvalue weighted by Gasteiger charge is 2.13. The predicted octanol–water partition coefficient (Wildman–Crippen LogP) is 2.67. The molecule has 1 aromatic carbocycles. The van der Waals surface area contributed by atoms with Crippen LogP contribution in [0, 0.1) is 17.5 Å². The van der Waals surface area contributed by atoms with Crippen molar-refractivity contribution in [3.8, 4) is 0 Å². The van der Waals surface area contributed by atoms with E-state index in [4.69, 9.17) is 4.74 Å². The predicted molar refractivity (Wildman–Crippen MR) is 56.8 cm³/mol. The summed E-state index contributed by atoms with van der Waals surface area (Å²) in [6.07, 6.45) is 2.28. The molecule has 0 N–H and O–H groups in total. The second kappa shape index (κ2) is 5.51. The van der Waals surface area contributed by atoms with Crippen LogP contribution < -0.4 is 0 Å². The molecule has 0 radical (unpaired) electrons. The van der Waals surface area contributed by atoms with Crippen LogP contribution in [-0.2, 0) is 11.3 Å². The largest absolute Gasteiger partial charge is 0.361 e. The Morgan fingerprint density at radius 1 is 1.00 bits per heavy atom. The van der Waals surface area contributed by atoms with Crippen LogP contribution in [0.5, 0.6) is 0 Å². The number of hydrogen-bond donors (Lipinski definition) is 0. The summed E-state index contributed by atoms with van der Waals surface area (Å²) in [6, 6.07) is 1.39. The van der Waals surface area contributed by atoms with E-state index < -0.39 is 17.5 Å². The number of ether oxygens (including phenoxy) is 1. The van der Waals surface area contributed by atoms with Crippen molar-refractivity contribution in [1.29, 1.82) is 0 Å². The van der Waals surface area contributed by atoms with Crippen LogP contribution in [0.4, 0.5) is 13.2 Å². The van der Waals surface area contributed by atoms with Crippen molar-refractivity contribution in [3.05, 3.63) is 35.1 Å². The molecule has 0 unspecified atom stereocenters. The van der Waals surface area contributed by atoms with E-state index in [2.05, 4.69) is 4.90 Å². The lowest BCUT2D eigenvalue weighted by Crippen LogP contribution is -2.22. The third-order valence-electron chi connectivity index (χ3n) is 2.82. The highest BCUT2D eigenvalue weighted by molar-refractivity contribution is 5.19. The summed E-state index contributed by atoms with van der Waals surface area (Å²) in [7, 11) is 0. The monoisotopic (exact) mass is 245 g/mol. The Balaban J connectivity index is 1.87. The molecule has 0 atom stereocenters. The van der Waals surface area contributed by atoms with Crippen LogP contribution >= 0.6 is 0 Å². The van der Waals surface area contributed by atoms with Gasteiger partial charge in [-0.15, -0.1) is 0 Å². The van der Waals surface area contributed by atoms with Gasteiger partial charge in [0.15, 0.2) is 11.6 Å². The van der Waals surface area contributed by atoms with E-state index in [0.717, 1.165) is 32.0 Å². The molecule has 0 saturated carbocycles. The zero-order chi connectivity index (χ0) is 12.3.